The Morgan fingerprint density at radius 2 is 2.00 bits per heavy atom. The van der Waals surface area contributed by atoms with E-state index in [4.69, 9.17) is 4.74 Å². The SMILES string of the molecule is C=C(C)COC(=O)C1(c2ccccc2)CCC1. The second-order valence-electron chi connectivity index (χ2n) is 4.83. The topological polar surface area (TPSA) is 26.3 Å². The van der Waals surface area contributed by atoms with Gasteiger partial charge in [0.1, 0.15) is 6.61 Å². The molecule has 0 amide bonds. The summed E-state index contributed by atoms with van der Waals surface area (Å²) >= 11 is 0. The molecule has 1 fully saturated rings. The van der Waals surface area contributed by atoms with Crippen molar-refractivity contribution in [1.29, 1.82) is 0 Å². The molecule has 17 heavy (non-hydrogen) atoms. The zero-order valence-electron chi connectivity index (χ0n) is 10.2. The van der Waals surface area contributed by atoms with Gasteiger partial charge in [-0.05, 0) is 30.9 Å². The third-order valence-electron chi connectivity index (χ3n) is 3.37. The number of carbonyl (C=O) groups excluding carboxylic acids is 1. The molecule has 0 aromatic heterocycles. The molecule has 2 heteroatoms. The van der Waals surface area contributed by atoms with Gasteiger partial charge in [0.25, 0.3) is 0 Å². The van der Waals surface area contributed by atoms with Crippen LogP contribution in [-0.2, 0) is 14.9 Å². The summed E-state index contributed by atoms with van der Waals surface area (Å²) < 4.78 is 5.33. The summed E-state index contributed by atoms with van der Waals surface area (Å²) in [5.41, 5.74) is 1.57. The summed E-state index contributed by atoms with van der Waals surface area (Å²) in [7, 11) is 0. The van der Waals surface area contributed by atoms with Gasteiger partial charge in [-0.25, -0.2) is 0 Å². The van der Waals surface area contributed by atoms with Crippen molar-refractivity contribution in [3.8, 4) is 0 Å². The van der Waals surface area contributed by atoms with Crippen molar-refractivity contribution in [2.24, 2.45) is 0 Å². The van der Waals surface area contributed by atoms with E-state index in [1.165, 1.54) is 0 Å². The summed E-state index contributed by atoms with van der Waals surface area (Å²) in [5.74, 6) is -0.0991. The van der Waals surface area contributed by atoms with Gasteiger partial charge in [-0.15, -0.1) is 0 Å². The maximum atomic E-state index is 12.2. The van der Waals surface area contributed by atoms with E-state index in [1.54, 1.807) is 0 Å². The maximum absolute atomic E-state index is 12.2. The van der Waals surface area contributed by atoms with Crippen molar-refractivity contribution in [3.63, 3.8) is 0 Å². The van der Waals surface area contributed by atoms with Crippen LogP contribution in [0.4, 0.5) is 0 Å². The highest BCUT2D eigenvalue weighted by molar-refractivity contribution is 5.84. The number of hydrogen-bond donors (Lipinski definition) is 0. The van der Waals surface area contributed by atoms with Crippen LogP contribution in [0.25, 0.3) is 0 Å². The number of benzene rings is 1. The van der Waals surface area contributed by atoms with Gasteiger partial charge in [-0.2, -0.15) is 0 Å². The Labute approximate surface area is 102 Å². The first-order chi connectivity index (χ1) is 8.15. The predicted octanol–water partition coefficient (Wildman–Crippen LogP) is 3.23. The molecule has 0 bridgehead atoms. The second kappa shape index (κ2) is 4.74. The van der Waals surface area contributed by atoms with Gasteiger partial charge in [-0.3, -0.25) is 4.79 Å². The highest BCUT2D eigenvalue weighted by Gasteiger charge is 2.46. The maximum Gasteiger partial charge on any atom is 0.316 e. The first-order valence-electron chi connectivity index (χ1n) is 6.02. The van der Waals surface area contributed by atoms with Crippen LogP contribution in [0.1, 0.15) is 31.7 Å². The number of carbonyl (C=O) groups is 1. The molecule has 90 valence electrons. The van der Waals surface area contributed by atoms with E-state index in [1.807, 2.05) is 37.3 Å². The average Bonchev–Trinajstić information content (AvgIpc) is 2.26. The highest BCUT2D eigenvalue weighted by Crippen LogP contribution is 2.44. The Kier molecular flexibility index (Phi) is 3.32. The molecular weight excluding hydrogens is 212 g/mol. The fraction of sp³-hybridized carbons (Fsp3) is 0.400. The van der Waals surface area contributed by atoms with Crippen LogP contribution in [0.15, 0.2) is 42.5 Å². The van der Waals surface area contributed by atoms with Gasteiger partial charge in [0.05, 0.1) is 5.41 Å². The lowest BCUT2D eigenvalue weighted by molar-refractivity contribution is -0.153. The molecule has 1 aliphatic carbocycles. The normalized spacial score (nSPS) is 17.0. The molecule has 2 nitrogen and oxygen atoms in total. The molecule has 1 aromatic rings. The van der Waals surface area contributed by atoms with Crippen LogP contribution in [0.5, 0.6) is 0 Å². The van der Waals surface area contributed by atoms with Crippen LogP contribution in [0, 0.1) is 0 Å². The van der Waals surface area contributed by atoms with Gasteiger partial charge >= 0.3 is 5.97 Å². The van der Waals surface area contributed by atoms with Crippen LogP contribution in [0.3, 0.4) is 0 Å². The zero-order valence-corrected chi connectivity index (χ0v) is 10.2. The lowest BCUT2D eigenvalue weighted by atomic mass is 9.64. The minimum absolute atomic E-state index is 0.0991. The van der Waals surface area contributed by atoms with Crippen molar-refractivity contribution in [2.45, 2.75) is 31.6 Å². The molecule has 0 spiro atoms. The highest BCUT2D eigenvalue weighted by atomic mass is 16.5. The minimum Gasteiger partial charge on any atom is -0.461 e. The van der Waals surface area contributed by atoms with E-state index >= 15 is 0 Å². The van der Waals surface area contributed by atoms with E-state index in [0.29, 0.717) is 6.61 Å². The first kappa shape index (κ1) is 11.9. The largest absolute Gasteiger partial charge is 0.461 e. The van der Waals surface area contributed by atoms with Gasteiger partial charge in [0.2, 0.25) is 0 Å². The summed E-state index contributed by atoms with van der Waals surface area (Å²) in [6, 6.07) is 9.94. The molecule has 1 saturated carbocycles. The minimum atomic E-state index is -0.392. The Hall–Kier alpha value is -1.57. The molecule has 0 atom stereocenters. The molecule has 0 radical (unpaired) electrons. The van der Waals surface area contributed by atoms with E-state index in [-0.39, 0.29) is 5.97 Å². The Bertz CT molecular complexity index is 416. The van der Waals surface area contributed by atoms with Crippen molar-refractivity contribution < 1.29 is 9.53 Å². The summed E-state index contributed by atoms with van der Waals surface area (Å²) in [6.07, 6.45) is 2.88. The van der Waals surface area contributed by atoms with Crippen molar-refractivity contribution in [1.82, 2.24) is 0 Å². The zero-order chi connectivity index (χ0) is 12.3. The molecule has 0 saturated heterocycles. The molecule has 0 aliphatic heterocycles. The predicted molar refractivity (Wildman–Crippen MR) is 67.7 cm³/mol. The molecule has 1 aliphatic rings. The number of ether oxygens (including phenoxy) is 1. The van der Waals surface area contributed by atoms with Gasteiger partial charge < -0.3 is 4.74 Å². The number of rotatable bonds is 4. The summed E-state index contributed by atoms with van der Waals surface area (Å²) in [4.78, 5) is 12.2. The Morgan fingerprint density at radius 3 is 2.47 bits per heavy atom. The first-order valence-corrected chi connectivity index (χ1v) is 6.02. The lowest BCUT2D eigenvalue weighted by Gasteiger charge is -2.39. The van der Waals surface area contributed by atoms with Crippen LogP contribution >= 0.6 is 0 Å². The van der Waals surface area contributed by atoms with Crippen LogP contribution < -0.4 is 0 Å². The van der Waals surface area contributed by atoms with Gasteiger partial charge in [0, 0.05) is 0 Å². The molecule has 0 N–H and O–H groups in total. The Balaban J connectivity index is 2.15. The fourth-order valence-electron chi connectivity index (χ4n) is 2.23. The van der Waals surface area contributed by atoms with E-state index in [9.17, 15) is 4.79 Å². The third-order valence-corrected chi connectivity index (χ3v) is 3.37. The molecule has 0 heterocycles. The standard InChI is InChI=1S/C15H18O2/c1-12(2)11-17-14(16)15(9-6-10-15)13-7-4-3-5-8-13/h3-5,7-8H,1,6,9-11H2,2H3. The Morgan fingerprint density at radius 1 is 1.35 bits per heavy atom. The second-order valence-corrected chi connectivity index (χ2v) is 4.83. The number of esters is 1. The van der Waals surface area contributed by atoms with Crippen LogP contribution in [-0.4, -0.2) is 12.6 Å². The summed E-state index contributed by atoms with van der Waals surface area (Å²) in [6.45, 7) is 5.94. The quantitative estimate of drug-likeness (QED) is 0.586. The molecule has 2 rings (SSSR count). The van der Waals surface area contributed by atoms with Crippen molar-refractivity contribution in [3.05, 3.63) is 48.0 Å². The van der Waals surface area contributed by atoms with Crippen molar-refractivity contribution in [2.75, 3.05) is 6.61 Å². The van der Waals surface area contributed by atoms with E-state index < -0.39 is 5.41 Å². The van der Waals surface area contributed by atoms with E-state index in [2.05, 4.69) is 6.58 Å². The molecular formula is C15H18O2. The van der Waals surface area contributed by atoms with Crippen molar-refractivity contribution >= 4 is 5.97 Å². The monoisotopic (exact) mass is 230 g/mol. The van der Waals surface area contributed by atoms with Gasteiger partial charge in [-0.1, -0.05) is 43.3 Å². The molecule has 1 aromatic carbocycles. The molecule has 0 unspecified atom stereocenters. The average molecular weight is 230 g/mol. The summed E-state index contributed by atoms with van der Waals surface area (Å²) in [5, 5.41) is 0. The van der Waals surface area contributed by atoms with Crippen LogP contribution in [0.2, 0.25) is 0 Å². The third kappa shape index (κ3) is 2.26. The lowest BCUT2D eigenvalue weighted by Crippen LogP contribution is -2.43. The smallest absolute Gasteiger partial charge is 0.316 e. The van der Waals surface area contributed by atoms with Gasteiger partial charge in [0.15, 0.2) is 0 Å². The fourth-order valence-corrected chi connectivity index (χ4v) is 2.23. The number of hydrogen-bond acceptors (Lipinski definition) is 2. The van der Waals surface area contributed by atoms with E-state index in [0.717, 1.165) is 30.4 Å².